The van der Waals surface area contributed by atoms with Gasteiger partial charge in [-0.25, -0.2) is 4.79 Å². The van der Waals surface area contributed by atoms with Crippen molar-refractivity contribution in [2.75, 3.05) is 25.6 Å². The number of benzene rings is 2. The third kappa shape index (κ3) is 5.66. The third-order valence-corrected chi connectivity index (χ3v) is 5.62. The van der Waals surface area contributed by atoms with E-state index < -0.39 is 16.8 Å². The van der Waals surface area contributed by atoms with Crippen molar-refractivity contribution < 1.29 is 28.7 Å². The van der Waals surface area contributed by atoms with Crippen molar-refractivity contribution in [1.29, 1.82) is 0 Å². The van der Waals surface area contributed by atoms with Gasteiger partial charge in [0.05, 0.1) is 18.6 Å². The summed E-state index contributed by atoms with van der Waals surface area (Å²) in [6.07, 6.45) is 0. The van der Waals surface area contributed by atoms with Gasteiger partial charge in [-0.3, -0.25) is 14.9 Å². The number of hydrogen-bond acceptors (Lipinski definition) is 8. The molecule has 1 amide bonds. The number of thiophene rings is 1. The minimum Gasteiger partial charge on any atom is -0.497 e. The van der Waals surface area contributed by atoms with E-state index in [2.05, 4.69) is 5.32 Å². The summed E-state index contributed by atoms with van der Waals surface area (Å²) in [6, 6.07) is 12.7. The first-order chi connectivity index (χ1) is 15.8. The van der Waals surface area contributed by atoms with Crippen LogP contribution in [-0.2, 0) is 9.53 Å². The van der Waals surface area contributed by atoms with Gasteiger partial charge in [0.25, 0.3) is 11.6 Å². The van der Waals surface area contributed by atoms with Crippen LogP contribution in [0.25, 0.3) is 11.1 Å². The second-order valence-electron chi connectivity index (χ2n) is 6.78. The number of nitro benzene ring substituents is 1. The molecule has 0 bridgehead atoms. The molecule has 0 radical (unpaired) electrons. The molecule has 1 aromatic heterocycles. The first-order valence-electron chi connectivity index (χ1n) is 9.96. The molecule has 3 aromatic rings. The van der Waals surface area contributed by atoms with E-state index in [-0.39, 0.29) is 24.5 Å². The van der Waals surface area contributed by atoms with Crippen LogP contribution in [0, 0.1) is 17.0 Å². The van der Waals surface area contributed by atoms with Gasteiger partial charge in [0, 0.05) is 28.6 Å². The average Bonchev–Trinajstić information content (AvgIpc) is 3.13. The topological polar surface area (TPSA) is 117 Å². The fraction of sp³-hybridized carbons (Fsp3) is 0.217. The second-order valence-corrected chi connectivity index (χ2v) is 8.00. The van der Waals surface area contributed by atoms with Crippen molar-refractivity contribution in [2.24, 2.45) is 0 Å². The molecule has 1 heterocycles. The zero-order valence-electron chi connectivity index (χ0n) is 18.2. The lowest BCUT2D eigenvalue weighted by molar-refractivity contribution is -0.384. The molecule has 0 saturated heterocycles. The van der Waals surface area contributed by atoms with Crippen LogP contribution < -0.4 is 14.8 Å². The summed E-state index contributed by atoms with van der Waals surface area (Å²) in [5.74, 6) is 0.00209. The summed E-state index contributed by atoms with van der Waals surface area (Å²) in [6.45, 7) is 3.36. The maximum Gasteiger partial charge on any atom is 0.341 e. The maximum absolute atomic E-state index is 12.8. The lowest BCUT2D eigenvalue weighted by Crippen LogP contribution is -2.21. The molecule has 1 N–H and O–H groups in total. The molecule has 33 heavy (non-hydrogen) atoms. The van der Waals surface area contributed by atoms with Gasteiger partial charge in [0.1, 0.15) is 22.1 Å². The Morgan fingerprint density at radius 3 is 2.45 bits per heavy atom. The largest absolute Gasteiger partial charge is 0.497 e. The van der Waals surface area contributed by atoms with Crippen LogP contribution in [0.3, 0.4) is 0 Å². The minimum atomic E-state index is -0.598. The van der Waals surface area contributed by atoms with Gasteiger partial charge >= 0.3 is 5.97 Å². The number of nitrogens with zero attached hydrogens (tertiary/aromatic N) is 1. The number of esters is 1. The Morgan fingerprint density at radius 1 is 1.12 bits per heavy atom. The summed E-state index contributed by atoms with van der Waals surface area (Å²) < 4.78 is 15.9. The molecule has 0 aliphatic rings. The van der Waals surface area contributed by atoms with Gasteiger partial charge in [-0.15, -0.1) is 11.3 Å². The van der Waals surface area contributed by atoms with Crippen LogP contribution in [0.15, 0.2) is 48.5 Å². The van der Waals surface area contributed by atoms with Crippen molar-refractivity contribution in [3.05, 3.63) is 69.1 Å². The maximum atomic E-state index is 12.8. The zero-order valence-corrected chi connectivity index (χ0v) is 19.1. The Morgan fingerprint density at radius 2 is 1.82 bits per heavy atom. The van der Waals surface area contributed by atoms with Crippen molar-refractivity contribution in [3.63, 3.8) is 0 Å². The Hall–Kier alpha value is -3.92. The highest BCUT2D eigenvalue weighted by Gasteiger charge is 2.26. The van der Waals surface area contributed by atoms with Gasteiger partial charge in [-0.05, 0) is 43.7 Å². The summed E-state index contributed by atoms with van der Waals surface area (Å²) in [7, 11) is 1.53. The molecule has 0 aliphatic carbocycles. The van der Waals surface area contributed by atoms with Gasteiger partial charge in [-0.1, -0.05) is 6.07 Å². The SMILES string of the molecule is CCOC(=O)c1c(NC(=O)COc2cccc(OC)c2)sc(C)c1-c1ccc([N+](=O)[O-])cc1. The van der Waals surface area contributed by atoms with Gasteiger partial charge < -0.3 is 19.5 Å². The van der Waals surface area contributed by atoms with Crippen molar-refractivity contribution >= 4 is 33.9 Å². The predicted molar refractivity (Wildman–Crippen MR) is 124 cm³/mol. The van der Waals surface area contributed by atoms with Crippen LogP contribution in [0.5, 0.6) is 11.5 Å². The highest BCUT2D eigenvalue weighted by Crippen LogP contribution is 2.40. The number of non-ortho nitro benzene ring substituents is 1. The van der Waals surface area contributed by atoms with Crippen LogP contribution in [0.2, 0.25) is 0 Å². The smallest absolute Gasteiger partial charge is 0.341 e. The minimum absolute atomic E-state index is 0.0625. The number of aryl methyl sites for hydroxylation is 1. The molecule has 0 aliphatic heterocycles. The number of ether oxygens (including phenoxy) is 3. The van der Waals surface area contributed by atoms with Crippen LogP contribution >= 0.6 is 11.3 Å². The number of carbonyl (C=O) groups is 2. The first kappa shape index (κ1) is 23.7. The Bertz CT molecular complexity index is 1170. The van der Waals surface area contributed by atoms with E-state index in [1.807, 2.05) is 0 Å². The Balaban J connectivity index is 1.86. The number of hydrogen-bond donors (Lipinski definition) is 1. The summed E-state index contributed by atoms with van der Waals surface area (Å²) in [5, 5.41) is 14.0. The summed E-state index contributed by atoms with van der Waals surface area (Å²) in [5.41, 5.74) is 1.29. The lowest BCUT2D eigenvalue weighted by Gasteiger charge is -2.10. The number of nitrogens with one attached hydrogen (secondary N) is 1. The molecule has 0 unspecified atom stereocenters. The molecule has 10 heteroatoms. The first-order valence-corrected chi connectivity index (χ1v) is 10.8. The van der Waals surface area contributed by atoms with Crippen LogP contribution in [0.1, 0.15) is 22.2 Å². The lowest BCUT2D eigenvalue weighted by atomic mass is 10.0. The number of amides is 1. The fourth-order valence-electron chi connectivity index (χ4n) is 3.13. The monoisotopic (exact) mass is 470 g/mol. The molecule has 0 spiro atoms. The summed E-state index contributed by atoms with van der Waals surface area (Å²) in [4.78, 5) is 36.5. The summed E-state index contributed by atoms with van der Waals surface area (Å²) >= 11 is 1.21. The van der Waals surface area contributed by atoms with Crippen molar-refractivity contribution in [3.8, 4) is 22.6 Å². The molecular weight excluding hydrogens is 448 g/mol. The molecule has 172 valence electrons. The number of anilines is 1. The van der Waals surface area contributed by atoms with E-state index in [1.165, 1.54) is 30.6 Å². The standard InChI is InChI=1S/C23H22N2O7S/c1-4-31-23(27)21-20(15-8-10-16(11-9-15)25(28)29)14(2)33-22(21)24-19(26)13-32-18-7-5-6-17(12-18)30-3/h5-12H,4,13H2,1-3H3,(H,24,26). The van der Waals surface area contributed by atoms with E-state index in [9.17, 15) is 19.7 Å². The predicted octanol–water partition coefficient (Wildman–Crippen LogP) is 4.83. The number of methoxy groups -OCH3 is 1. The molecule has 2 aromatic carbocycles. The highest BCUT2D eigenvalue weighted by molar-refractivity contribution is 7.17. The van der Waals surface area contributed by atoms with Crippen LogP contribution in [0.4, 0.5) is 10.7 Å². The van der Waals surface area contributed by atoms with E-state index in [4.69, 9.17) is 14.2 Å². The average molecular weight is 471 g/mol. The zero-order chi connectivity index (χ0) is 24.0. The van der Waals surface area contributed by atoms with Crippen LogP contribution in [-0.4, -0.2) is 37.1 Å². The molecule has 0 atom stereocenters. The fourth-order valence-corrected chi connectivity index (χ4v) is 4.21. The Labute approximate surface area is 194 Å². The molecule has 0 fully saturated rings. The quantitative estimate of drug-likeness (QED) is 0.270. The van der Waals surface area contributed by atoms with E-state index in [1.54, 1.807) is 50.2 Å². The molecule has 0 saturated carbocycles. The van der Waals surface area contributed by atoms with E-state index >= 15 is 0 Å². The van der Waals surface area contributed by atoms with E-state index in [0.717, 1.165) is 4.88 Å². The number of rotatable bonds is 9. The Kier molecular flexibility index (Phi) is 7.62. The van der Waals surface area contributed by atoms with Crippen molar-refractivity contribution in [2.45, 2.75) is 13.8 Å². The molecule has 9 nitrogen and oxygen atoms in total. The number of carbonyl (C=O) groups excluding carboxylic acids is 2. The van der Waals surface area contributed by atoms with Gasteiger partial charge in [0.2, 0.25) is 0 Å². The highest BCUT2D eigenvalue weighted by atomic mass is 32.1. The molecular formula is C23H22N2O7S. The number of nitro groups is 1. The normalized spacial score (nSPS) is 10.4. The van der Waals surface area contributed by atoms with E-state index in [0.29, 0.717) is 27.6 Å². The van der Waals surface area contributed by atoms with Gasteiger partial charge in [0.15, 0.2) is 6.61 Å². The second kappa shape index (κ2) is 10.6. The molecule has 3 rings (SSSR count). The van der Waals surface area contributed by atoms with Gasteiger partial charge in [-0.2, -0.15) is 0 Å². The van der Waals surface area contributed by atoms with Crippen molar-refractivity contribution in [1.82, 2.24) is 0 Å². The third-order valence-electron chi connectivity index (χ3n) is 4.59.